The fourth-order valence-corrected chi connectivity index (χ4v) is 2.28. The molecule has 13 heteroatoms. The van der Waals surface area contributed by atoms with Crippen LogP contribution in [0, 0.1) is 10.8 Å². The number of hydrogen-bond acceptors (Lipinski definition) is 6. The van der Waals surface area contributed by atoms with Crippen molar-refractivity contribution in [3.63, 3.8) is 0 Å². The number of alkyl halides is 4. The van der Waals surface area contributed by atoms with Gasteiger partial charge < -0.3 is 19.5 Å². The van der Waals surface area contributed by atoms with Gasteiger partial charge in [0, 0.05) is 12.5 Å². The van der Waals surface area contributed by atoms with Gasteiger partial charge in [-0.3, -0.25) is 21.0 Å². The molecule has 0 aromatic heterocycles. The van der Waals surface area contributed by atoms with Crippen molar-refractivity contribution in [2.45, 2.75) is 38.2 Å². The summed E-state index contributed by atoms with van der Waals surface area (Å²) in [4.78, 5) is 5.01. The van der Waals surface area contributed by atoms with E-state index in [-0.39, 0.29) is 43.2 Å². The molecule has 1 heterocycles. The Balaban J connectivity index is 1.69. The molecule has 0 bridgehead atoms. The molecule has 1 aliphatic heterocycles. The van der Waals surface area contributed by atoms with E-state index in [4.69, 9.17) is 29.9 Å². The zero-order chi connectivity index (χ0) is 23.1. The van der Waals surface area contributed by atoms with Crippen LogP contribution in [0.25, 0.3) is 0 Å². The largest absolute Gasteiger partial charge is 0.463 e. The molecule has 0 saturated carbocycles. The molecule has 0 aromatic carbocycles. The number of hydroxylamine groups is 1. The highest BCUT2D eigenvalue weighted by Crippen LogP contribution is 2.46. The van der Waals surface area contributed by atoms with Gasteiger partial charge in [0.1, 0.15) is 6.26 Å². The first-order valence-corrected chi connectivity index (χ1v) is 9.14. The molecule has 0 unspecified atom stereocenters. The van der Waals surface area contributed by atoms with E-state index in [0.29, 0.717) is 6.42 Å². The van der Waals surface area contributed by atoms with Crippen LogP contribution >= 0.6 is 0 Å². The van der Waals surface area contributed by atoms with Gasteiger partial charge in [0.25, 0.3) is 0 Å². The molecule has 0 radical (unpaired) electrons. The number of halogens is 4. The zero-order valence-electron chi connectivity index (χ0n) is 16.7. The standard InChI is InChI=1S/C18H23F4N5O4/c1-11(2)25-15(23)26-16(24)27-30-8-4-7-29-14-10-28-9-13(31-14)12-5-3-6-17(19,20)18(12,21)22/h3,5-6,9-11H,4,7-8H2,1-2H3,(H5,23,24,25,26,27). The lowest BCUT2D eigenvalue weighted by molar-refractivity contribution is -0.157. The van der Waals surface area contributed by atoms with Gasteiger partial charge in [-0.25, -0.2) is 5.48 Å². The topological polar surface area (TPSA) is 121 Å². The number of ether oxygens (including phenoxy) is 3. The molecule has 2 aliphatic rings. The van der Waals surface area contributed by atoms with Gasteiger partial charge in [0.15, 0.2) is 18.0 Å². The Kier molecular flexibility index (Phi) is 7.91. The van der Waals surface area contributed by atoms with E-state index in [1.54, 1.807) is 0 Å². The lowest BCUT2D eigenvalue weighted by atomic mass is 9.95. The van der Waals surface area contributed by atoms with E-state index < -0.39 is 23.2 Å². The molecular weight excluding hydrogens is 426 g/mol. The van der Waals surface area contributed by atoms with Crippen LogP contribution < -0.4 is 16.1 Å². The van der Waals surface area contributed by atoms with Crippen LogP contribution in [0.4, 0.5) is 17.6 Å². The Bertz CT molecular complexity index is 809. The lowest BCUT2D eigenvalue weighted by Crippen LogP contribution is -2.47. The van der Waals surface area contributed by atoms with Crippen molar-refractivity contribution in [3.8, 4) is 0 Å². The maximum atomic E-state index is 14.0. The Labute approximate surface area is 175 Å². The number of nitrogens with one attached hydrogen (secondary N) is 5. The fraction of sp³-hybridized carbons (Fsp3) is 0.444. The summed E-state index contributed by atoms with van der Waals surface area (Å²) in [5, 5.41) is 20.2. The summed E-state index contributed by atoms with van der Waals surface area (Å²) in [7, 11) is 0. The monoisotopic (exact) mass is 449 g/mol. The maximum absolute atomic E-state index is 14.0. The Morgan fingerprint density at radius 2 is 1.87 bits per heavy atom. The van der Waals surface area contributed by atoms with Crippen LogP contribution in [-0.2, 0) is 19.0 Å². The molecule has 0 aromatic rings. The molecule has 31 heavy (non-hydrogen) atoms. The van der Waals surface area contributed by atoms with Crippen molar-refractivity contribution >= 4 is 11.9 Å². The SMILES string of the molecule is CC(C)NC(=N)NC(=N)NOCCCOC1=COC=C(C2=CC=CC(F)(F)C2(F)F)O1. The Hall–Kier alpha value is -3.22. The van der Waals surface area contributed by atoms with Gasteiger partial charge in [-0.1, -0.05) is 6.08 Å². The minimum Gasteiger partial charge on any atom is -0.463 e. The molecular formula is C18H23F4N5O4. The lowest BCUT2D eigenvalue weighted by Gasteiger charge is -2.30. The summed E-state index contributed by atoms with van der Waals surface area (Å²) in [6, 6.07) is 0.0232. The van der Waals surface area contributed by atoms with E-state index in [2.05, 4.69) is 16.1 Å². The summed E-state index contributed by atoms with van der Waals surface area (Å²) < 4.78 is 70.1. The molecule has 1 aliphatic carbocycles. The van der Waals surface area contributed by atoms with E-state index >= 15 is 0 Å². The minimum absolute atomic E-state index is 0.0150. The van der Waals surface area contributed by atoms with Gasteiger partial charge in [0.05, 0.1) is 18.8 Å². The van der Waals surface area contributed by atoms with E-state index in [1.807, 2.05) is 13.8 Å². The number of allylic oxidation sites excluding steroid dienone is 4. The van der Waals surface area contributed by atoms with Gasteiger partial charge in [-0.05, 0) is 26.0 Å². The normalized spacial score (nSPS) is 18.6. The predicted molar refractivity (Wildman–Crippen MR) is 102 cm³/mol. The molecule has 0 atom stereocenters. The molecule has 0 saturated heterocycles. The highest BCUT2D eigenvalue weighted by atomic mass is 19.3. The van der Waals surface area contributed by atoms with Gasteiger partial charge in [-0.2, -0.15) is 17.6 Å². The average molecular weight is 449 g/mol. The summed E-state index contributed by atoms with van der Waals surface area (Å²) >= 11 is 0. The first kappa shape index (κ1) is 24.1. The van der Waals surface area contributed by atoms with Crippen molar-refractivity contribution < 1.29 is 36.6 Å². The van der Waals surface area contributed by atoms with E-state index in [9.17, 15) is 17.6 Å². The second kappa shape index (κ2) is 10.2. The fourth-order valence-electron chi connectivity index (χ4n) is 2.28. The Morgan fingerprint density at radius 3 is 2.58 bits per heavy atom. The average Bonchev–Trinajstić information content (AvgIpc) is 2.66. The van der Waals surface area contributed by atoms with Gasteiger partial charge >= 0.3 is 17.8 Å². The van der Waals surface area contributed by atoms with E-state index in [1.165, 1.54) is 0 Å². The highest BCUT2D eigenvalue weighted by molar-refractivity contribution is 5.95. The smallest absolute Gasteiger partial charge is 0.342 e. The molecule has 172 valence electrons. The summed E-state index contributed by atoms with van der Waals surface area (Å²) in [6.45, 7) is 3.78. The van der Waals surface area contributed by atoms with Crippen LogP contribution in [-0.4, -0.2) is 43.0 Å². The van der Waals surface area contributed by atoms with E-state index in [0.717, 1.165) is 24.7 Å². The van der Waals surface area contributed by atoms with Crippen molar-refractivity contribution in [1.82, 2.24) is 16.1 Å². The second-order valence-electron chi connectivity index (χ2n) is 6.62. The third kappa shape index (κ3) is 6.64. The predicted octanol–water partition coefficient (Wildman–Crippen LogP) is 2.83. The zero-order valence-corrected chi connectivity index (χ0v) is 16.7. The van der Waals surface area contributed by atoms with Crippen molar-refractivity contribution in [2.75, 3.05) is 13.2 Å². The number of guanidine groups is 2. The summed E-state index contributed by atoms with van der Waals surface area (Å²) in [5.41, 5.74) is 1.24. The third-order valence-corrected chi connectivity index (χ3v) is 3.63. The van der Waals surface area contributed by atoms with Crippen molar-refractivity contribution in [2.24, 2.45) is 0 Å². The van der Waals surface area contributed by atoms with Crippen LogP contribution in [0.2, 0.25) is 0 Å². The van der Waals surface area contributed by atoms with Crippen LogP contribution in [0.3, 0.4) is 0 Å². The molecule has 0 fully saturated rings. The third-order valence-electron chi connectivity index (χ3n) is 3.63. The molecule has 9 nitrogen and oxygen atoms in total. The van der Waals surface area contributed by atoms with Crippen LogP contribution in [0.5, 0.6) is 0 Å². The minimum atomic E-state index is -4.47. The number of hydrogen-bond donors (Lipinski definition) is 5. The first-order chi connectivity index (χ1) is 14.5. The maximum Gasteiger partial charge on any atom is 0.342 e. The van der Waals surface area contributed by atoms with Crippen LogP contribution in [0.1, 0.15) is 20.3 Å². The second-order valence-corrected chi connectivity index (χ2v) is 6.62. The molecule has 5 N–H and O–H groups in total. The van der Waals surface area contributed by atoms with Crippen molar-refractivity contribution in [1.29, 1.82) is 10.8 Å². The number of rotatable bonds is 8. The van der Waals surface area contributed by atoms with Gasteiger partial charge in [0.2, 0.25) is 5.96 Å². The quantitative estimate of drug-likeness (QED) is 0.127. The van der Waals surface area contributed by atoms with Crippen LogP contribution in [0.15, 0.2) is 48.0 Å². The Morgan fingerprint density at radius 1 is 1.13 bits per heavy atom. The summed E-state index contributed by atoms with van der Waals surface area (Å²) in [6.07, 6.45) is 3.80. The molecule has 2 rings (SSSR count). The molecule has 0 amide bonds. The van der Waals surface area contributed by atoms with Crippen molar-refractivity contribution in [3.05, 3.63) is 48.0 Å². The molecule has 0 spiro atoms. The van der Waals surface area contributed by atoms with Gasteiger partial charge in [-0.15, -0.1) is 0 Å². The summed E-state index contributed by atoms with van der Waals surface area (Å²) in [5.74, 6) is -10.0. The highest BCUT2D eigenvalue weighted by Gasteiger charge is 2.59. The first-order valence-electron chi connectivity index (χ1n) is 9.14.